The summed E-state index contributed by atoms with van der Waals surface area (Å²) in [6.07, 6.45) is -4.34. The van der Waals surface area contributed by atoms with Gasteiger partial charge in [-0.1, -0.05) is 28.9 Å². The molecule has 0 radical (unpaired) electrons. The van der Waals surface area contributed by atoms with Gasteiger partial charge in [0.05, 0.1) is 15.5 Å². The third kappa shape index (κ3) is 3.04. The predicted molar refractivity (Wildman–Crippen MR) is 78.7 cm³/mol. The van der Waals surface area contributed by atoms with Crippen molar-refractivity contribution in [2.24, 2.45) is 5.16 Å². The fourth-order valence-corrected chi connectivity index (χ4v) is 4.05. The zero-order chi connectivity index (χ0) is 15.0. The van der Waals surface area contributed by atoms with E-state index in [-0.39, 0.29) is 5.44 Å². The molecule has 2 aromatic rings. The van der Waals surface area contributed by atoms with Gasteiger partial charge >= 0.3 is 6.18 Å². The molecule has 1 aliphatic heterocycles. The first-order valence-electron chi connectivity index (χ1n) is 5.76. The Bertz CT molecular complexity index is 681. The lowest BCUT2D eigenvalue weighted by molar-refractivity contribution is -0.137. The van der Waals surface area contributed by atoms with Gasteiger partial charge in [0.1, 0.15) is 5.04 Å². The Labute approximate surface area is 131 Å². The van der Waals surface area contributed by atoms with Gasteiger partial charge in [0.25, 0.3) is 0 Å². The Morgan fingerprint density at radius 1 is 1.14 bits per heavy atom. The predicted octanol–water partition coefficient (Wildman–Crippen LogP) is 5.54. The molecule has 21 heavy (non-hydrogen) atoms. The molecule has 3 rings (SSSR count). The first kappa shape index (κ1) is 14.7. The van der Waals surface area contributed by atoms with Crippen molar-refractivity contribution in [3.05, 3.63) is 56.7 Å². The van der Waals surface area contributed by atoms with Crippen LogP contribution in [0, 0.1) is 0 Å². The quantitative estimate of drug-likeness (QED) is 0.709. The van der Waals surface area contributed by atoms with Crippen LogP contribution in [-0.2, 0) is 11.0 Å². The number of oxime groups is 1. The van der Waals surface area contributed by atoms with Crippen molar-refractivity contribution in [2.45, 2.75) is 11.6 Å². The van der Waals surface area contributed by atoms with Crippen LogP contribution in [0.1, 0.15) is 21.4 Å². The van der Waals surface area contributed by atoms with Gasteiger partial charge in [-0.15, -0.1) is 11.3 Å². The summed E-state index contributed by atoms with van der Waals surface area (Å²) in [4.78, 5) is 6.14. The van der Waals surface area contributed by atoms with Crippen LogP contribution >= 0.6 is 34.7 Å². The van der Waals surface area contributed by atoms with Gasteiger partial charge in [-0.2, -0.15) is 13.2 Å². The van der Waals surface area contributed by atoms with E-state index in [2.05, 4.69) is 5.16 Å². The number of benzene rings is 1. The number of thioether (sulfide) groups is 1. The van der Waals surface area contributed by atoms with Crippen LogP contribution in [0.4, 0.5) is 13.2 Å². The van der Waals surface area contributed by atoms with E-state index >= 15 is 0 Å². The maximum atomic E-state index is 12.5. The van der Waals surface area contributed by atoms with Crippen molar-refractivity contribution < 1.29 is 18.0 Å². The molecule has 110 valence electrons. The van der Waals surface area contributed by atoms with Crippen molar-refractivity contribution in [3.8, 4) is 0 Å². The Morgan fingerprint density at radius 2 is 1.86 bits per heavy atom. The summed E-state index contributed by atoms with van der Waals surface area (Å²) in [5.74, 6) is 0. The molecule has 0 spiro atoms. The maximum absolute atomic E-state index is 12.5. The number of hydrogen-bond donors (Lipinski definition) is 0. The Hall–Kier alpha value is -1.18. The molecule has 0 bridgehead atoms. The Morgan fingerprint density at radius 3 is 2.43 bits per heavy atom. The van der Waals surface area contributed by atoms with Gasteiger partial charge in [0, 0.05) is 5.56 Å². The number of alkyl halides is 3. The standard InChI is InChI=1S/C13H7ClF3NOS2/c14-9-5-6-20-10(9)12-19-18-11(21-12)7-1-3-8(4-2-7)13(15,16)17/h1-6,12H. The molecule has 1 aromatic carbocycles. The van der Waals surface area contributed by atoms with Gasteiger partial charge in [0.15, 0.2) is 0 Å². The van der Waals surface area contributed by atoms with E-state index in [4.69, 9.17) is 16.4 Å². The number of rotatable bonds is 2. The van der Waals surface area contributed by atoms with Crippen LogP contribution in [-0.4, -0.2) is 5.04 Å². The largest absolute Gasteiger partial charge is 0.416 e. The molecule has 0 aliphatic carbocycles. The molecule has 0 amide bonds. The highest BCUT2D eigenvalue weighted by atomic mass is 35.5. The summed E-state index contributed by atoms with van der Waals surface area (Å²) < 4.78 is 37.5. The van der Waals surface area contributed by atoms with E-state index in [0.29, 0.717) is 15.6 Å². The second-order valence-corrected chi connectivity index (χ2v) is 6.56. The third-order valence-corrected chi connectivity index (χ3v) is 5.39. The number of thiophene rings is 1. The molecular weight excluding hydrogens is 343 g/mol. The summed E-state index contributed by atoms with van der Waals surface area (Å²) in [6, 6.07) is 6.60. The van der Waals surface area contributed by atoms with Crippen LogP contribution < -0.4 is 0 Å². The lowest BCUT2D eigenvalue weighted by Crippen LogP contribution is -2.05. The average molecular weight is 350 g/mol. The van der Waals surface area contributed by atoms with E-state index in [1.165, 1.54) is 35.2 Å². The second-order valence-electron chi connectivity index (χ2n) is 4.16. The molecule has 0 fully saturated rings. The van der Waals surface area contributed by atoms with Gasteiger partial charge in [-0.25, -0.2) is 0 Å². The van der Waals surface area contributed by atoms with Gasteiger partial charge in [0.2, 0.25) is 5.44 Å². The van der Waals surface area contributed by atoms with Crippen LogP contribution in [0.5, 0.6) is 0 Å². The third-order valence-electron chi connectivity index (χ3n) is 2.77. The molecule has 1 aliphatic rings. The first-order chi connectivity index (χ1) is 9.95. The fraction of sp³-hybridized carbons (Fsp3) is 0.154. The van der Waals surface area contributed by atoms with E-state index < -0.39 is 11.7 Å². The number of nitrogens with zero attached hydrogens (tertiary/aromatic N) is 1. The summed E-state index contributed by atoms with van der Waals surface area (Å²) in [5.41, 5.74) is -0.452. The van der Waals surface area contributed by atoms with Crippen molar-refractivity contribution in [1.82, 2.24) is 0 Å². The SMILES string of the molecule is FC(F)(F)c1ccc(C2=NOC(c3sccc3Cl)S2)cc1. The summed E-state index contributed by atoms with van der Waals surface area (Å²) in [7, 11) is 0. The minimum absolute atomic E-state index is 0.352. The Kier molecular flexibility index (Phi) is 3.90. The van der Waals surface area contributed by atoms with E-state index in [1.807, 2.05) is 5.38 Å². The highest BCUT2D eigenvalue weighted by molar-refractivity contribution is 8.14. The minimum Gasteiger partial charge on any atom is -0.374 e. The normalized spacial score (nSPS) is 18.5. The van der Waals surface area contributed by atoms with Crippen molar-refractivity contribution in [3.63, 3.8) is 0 Å². The van der Waals surface area contributed by atoms with Gasteiger partial charge in [-0.05, 0) is 35.3 Å². The molecule has 1 atom stereocenters. The monoisotopic (exact) mass is 349 g/mol. The molecule has 1 unspecified atom stereocenters. The zero-order valence-electron chi connectivity index (χ0n) is 10.2. The number of hydrogen-bond acceptors (Lipinski definition) is 4. The highest BCUT2D eigenvalue weighted by Gasteiger charge is 2.31. The molecule has 8 heteroatoms. The van der Waals surface area contributed by atoms with Crippen molar-refractivity contribution in [1.29, 1.82) is 0 Å². The minimum atomic E-state index is -4.34. The van der Waals surface area contributed by atoms with Crippen LogP contribution in [0.25, 0.3) is 0 Å². The summed E-state index contributed by atoms with van der Waals surface area (Å²) in [5, 5.41) is 6.91. The smallest absolute Gasteiger partial charge is 0.374 e. The molecule has 0 saturated heterocycles. The summed E-state index contributed by atoms with van der Waals surface area (Å²) >= 11 is 8.80. The number of halogens is 4. The van der Waals surface area contributed by atoms with Crippen molar-refractivity contribution >= 4 is 39.7 Å². The van der Waals surface area contributed by atoms with Gasteiger partial charge < -0.3 is 4.84 Å². The molecule has 2 heterocycles. The molecular formula is C13H7ClF3NOS2. The highest BCUT2D eigenvalue weighted by Crippen LogP contribution is 2.43. The lowest BCUT2D eigenvalue weighted by atomic mass is 10.1. The van der Waals surface area contributed by atoms with Crippen LogP contribution in [0.3, 0.4) is 0 Å². The van der Waals surface area contributed by atoms with E-state index in [9.17, 15) is 13.2 Å². The second kappa shape index (κ2) is 5.55. The van der Waals surface area contributed by atoms with E-state index in [1.54, 1.807) is 6.07 Å². The maximum Gasteiger partial charge on any atom is 0.416 e. The van der Waals surface area contributed by atoms with Crippen molar-refractivity contribution in [2.75, 3.05) is 0 Å². The molecule has 0 saturated carbocycles. The topological polar surface area (TPSA) is 21.6 Å². The van der Waals surface area contributed by atoms with Crippen LogP contribution in [0.15, 0.2) is 40.9 Å². The summed E-state index contributed by atoms with van der Waals surface area (Å²) in [6.45, 7) is 0. The molecule has 2 nitrogen and oxygen atoms in total. The lowest BCUT2D eigenvalue weighted by Gasteiger charge is -2.07. The zero-order valence-corrected chi connectivity index (χ0v) is 12.6. The van der Waals surface area contributed by atoms with Crippen LogP contribution in [0.2, 0.25) is 5.02 Å². The molecule has 0 N–H and O–H groups in total. The Balaban J connectivity index is 1.76. The average Bonchev–Trinajstić information content (AvgIpc) is 3.06. The molecule has 1 aromatic heterocycles. The first-order valence-corrected chi connectivity index (χ1v) is 7.90. The fourth-order valence-electron chi connectivity index (χ4n) is 1.74. The van der Waals surface area contributed by atoms with E-state index in [0.717, 1.165) is 17.0 Å². The van der Waals surface area contributed by atoms with Gasteiger partial charge in [-0.3, -0.25) is 0 Å².